The minimum absolute atomic E-state index is 0.0830. The Morgan fingerprint density at radius 3 is 2.63 bits per heavy atom. The van der Waals surface area contributed by atoms with Crippen LogP contribution in [-0.4, -0.2) is 56.0 Å². The van der Waals surface area contributed by atoms with Gasteiger partial charge in [0.05, 0.1) is 24.0 Å². The Hall–Kier alpha value is -5.22. The number of nitrogens with zero attached hydrogens (tertiary/aromatic N) is 6. The maximum atomic E-state index is 12.8. The Morgan fingerprint density at radius 2 is 1.85 bits per heavy atom. The lowest BCUT2D eigenvalue weighted by Gasteiger charge is -2.10. The van der Waals surface area contributed by atoms with Crippen LogP contribution < -0.4 is 16.2 Å². The van der Waals surface area contributed by atoms with Crippen molar-refractivity contribution in [1.29, 1.82) is 0 Å². The number of carbonyl (C=O) groups is 1. The summed E-state index contributed by atoms with van der Waals surface area (Å²) < 4.78 is 1.49. The second-order valence-electron chi connectivity index (χ2n) is 9.75. The van der Waals surface area contributed by atoms with Crippen molar-refractivity contribution in [2.24, 2.45) is 0 Å². The molecule has 10 nitrogen and oxygen atoms in total. The van der Waals surface area contributed by atoms with Crippen LogP contribution in [0.25, 0.3) is 17.0 Å². The minimum atomic E-state index is -0.438. The second kappa shape index (κ2) is 12.8. The zero-order valence-electron chi connectivity index (χ0n) is 22.9. The molecule has 1 aromatic carbocycles. The molecule has 0 bridgehead atoms. The molecule has 1 amide bonds. The first-order valence-corrected chi connectivity index (χ1v) is 13.1. The van der Waals surface area contributed by atoms with E-state index < -0.39 is 5.91 Å². The van der Waals surface area contributed by atoms with Gasteiger partial charge in [0.15, 0.2) is 0 Å². The van der Waals surface area contributed by atoms with E-state index in [1.54, 1.807) is 49.2 Å². The van der Waals surface area contributed by atoms with Crippen LogP contribution in [0.15, 0.2) is 96.5 Å². The molecule has 5 aromatic rings. The number of amides is 1. The molecule has 0 aliphatic carbocycles. The molecule has 2 N–H and O–H groups in total. The fourth-order valence-corrected chi connectivity index (χ4v) is 4.24. The third-order valence-electron chi connectivity index (χ3n) is 6.21. The molecule has 0 fully saturated rings. The van der Waals surface area contributed by atoms with Gasteiger partial charge in [-0.1, -0.05) is 24.3 Å². The van der Waals surface area contributed by atoms with Crippen LogP contribution in [-0.2, 0) is 13.1 Å². The quantitative estimate of drug-likeness (QED) is 0.271. The summed E-state index contributed by atoms with van der Waals surface area (Å²) in [6.07, 6.45) is 12.0. The van der Waals surface area contributed by atoms with Crippen molar-refractivity contribution in [1.82, 2.24) is 34.7 Å². The van der Waals surface area contributed by atoms with E-state index in [0.717, 1.165) is 23.2 Å². The van der Waals surface area contributed by atoms with Gasteiger partial charge in [0.1, 0.15) is 5.56 Å². The number of benzene rings is 1. The zero-order chi connectivity index (χ0) is 28.6. The van der Waals surface area contributed by atoms with E-state index in [4.69, 9.17) is 0 Å². The Morgan fingerprint density at radius 1 is 1.00 bits per heavy atom. The standard InChI is InChI=1S/C31H30N8O2/c1-38(2)20-22-9-11-25(12-10-22)36-31-35-18-24-16-26(34-19-28(24)37-31)7-4-14-33-29(40)27-8-5-15-39(30(27)41)21-23-6-3-13-32-17-23/h3-13,15-19H,14,20-21H2,1-2H3,(H,33,40)(H,35,36,37). The fraction of sp³-hybridized carbons (Fsp3) is 0.161. The first kappa shape index (κ1) is 27.4. The van der Waals surface area contributed by atoms with E-state index in [2.05, 4.69) is 47.6 Å². The topological polar surface area (TPSA) is 118 Å². The van der Waals surface area contributed by atoms with Crippen molar-refractivity contribution in [3.05, 3.63) is 124 Å². The molecule has 41 heavy (non-hydrogen) atoms. The maximum Gasteiger partial charge on any atom is 0.263 e. The van der Waals surface area contributed by atoms with E-state index in [0.29, 0.717) is 23.7 Å². The molecule has 0 saturated heterocycles. The van der Waals surface area contributed by atoms with Crippen LogP contribution in [0.1, 0.15) is 27.2 Å². The number of anilines is 2. The summed E-state index contributed by atoms with van der Waals surface area (Å²) in [7, 11) is 4.08. The third-order valence-corrected chi connectivity index (χ3v) is 6.21. The molecule has 0 spiro atoms. The van der Waals surface area contributed by atoms with E-state index in [1.165, 1.54) is 16.2 Å². The average Bonchev–Trinajstić information content (AvgIpc) is 2.97. The first-order valence-electron chi connectivity index (χ1n) is 13.1. The van der Waals surface area contributed by atoms with Gasteiger partial charge in [-0.3, -0.25) is 19.6 Å². The molecule has 0 aliphatic heterocycles. The molecular weight excluding hydrogens is 516 g/mol. The lowest BCUT2D eigenvalue weighted by Crippen LogP contribution is -2.33. The number of rotatable bonds is 10. The van der Waals surface area contributed by atoms with Gasteiger partial charge in [0.2, 0.25) is 5.95 Å². The molecule has 10 heteroatoms. The number of carbonyl (C=O) groups excluding carboxylic acids is 1. The van der Waals surface area contributed by atoms with Crippen LogP contribution in [0.2, 0.25) is 0 Å². The predicted octanol–water partition coefficient (Wildman–Crippen LogP) is 3.88. The van der Waals surface area contributed by atoms with Gasteiger partial charge in [-0.05, 0) is 67.7 Å². The number of nitrogens with one attached hydrogen (secondary N) is 2. The Balaban J connectivity index is 1.17. The molecule has 0 aliphatic rings. The maximum absolute atomic E-state index is 12.8. The van der Waals surface area contributed by atoms with E-state index >= 15 is 0 Å². The van der Waals surface area contributed by atoms with Crippen LogP contribution >= 0.6 is 0 Å². The highest BCUT2D eigenvalue weighted by molar-refractivity contribution is 5.93. The van der Waals surface area contributed by atoms with Crippen LogP contribution in [0.4, 0.5) is 11.6 Å². The highest BCUT2D eigenvalue weighted by Crippen LogP contribution is 2.18. The van der Waals surface area contributed by atoms with Gasteiger partial charge >= 0.3 is 0 Å². The van der Waals surface area contributed by atoms with Crippen molar-refractivity contribution in [2.75, 3.05) is 26.0 Å². The number of fused-ring (bicyclic) bond motifs is 1. The van der Waals surface area contributed by atoms with Crippen LogP contribution in [0.5, 0.6) is 0 Å². The average molecular weight is 547 g/mol. The molecular formula is C31H30N8O2. The number of hydrogen-bond acceptors (Lipinski definition) is 8. The predicted molar refractivity (Wildman–Crippen MR) is 160 cm³/mol. The lowest BCUT2D eigenvalue weighted by atomic mass is 10.2. The molecule has 0 radical (unpaired) electrons. The SMILES string of the molecule is CN(C)Cc1ccc(Nc2ncc3cc(C=CCNC(=O)c4cccn(Cc5cccnc5)c4=O)ncc3n2)cc1. The number of pyridine rings is 3. The summed E-state index contributed by atoms with van der Waals surface area (Å²) in [6, 6.07) is 16.9. The highest BCUT2D eigenvalue weighted by Gasteiger charge is 2.11. The zero-order valence-corrected chi connectivity index (χ0v) is 22.9. The van der Waals surface area contributed by atoms with Gasteiger partial charge in [-0.25, -0.2) is 9.97 Å². The monoisotopic (exact) mass is 546 g/mol. The van der Waals surface area contributed by atoms with Gasteiger partial charge in [-0.2, -0.15) is 0 Å². The molecule has 0 unspecified atom stereocenters. The van der Waals surface area contributed by atoms with Gasteiger partial charge in [-0.15, -0.1) is 0 Å². The van der Waals surface area contributed by atoms with Gasteiger partial charge in [0, 0.05) is 49.0 Å². The summed E-state index contributed by atoms with van der Waals surface area (Å²) in [5.74, 6) is 0.0542. The van der Waals surface area contributed by atoms with Gasteiger partial charge < -0.3 is 20.1 Å². The summed E-state index contributed by atoms with van der Waals surface area (Å²) in [5, 5.41) is 6.84. The normalized spacial score (nSPS) is 11.3. The van der Waals surface area contributed by atoms with Crippen LogP contribution in [0, 0.1) is 0 Å². The van der Waals surface area contributed by atoms with Crippen molar-refractivity contribution >= 4 is 34.5 Å². The highest BCUT2D eigenvalue weighted by atomic mass is 16.2. The molecule has 5 rings (SSSR count). The van der Waals surface area contributed by atoms with Crippen molar-refractivity contribution < 1.29 is 4.79 Å². The Bertz CT molecular complexity index is 1730. The van der Waals surface area contributed by atoms with Crippen molar-refractivity contribution in [3.8, 4) is 0 Å². The molecule has 206 valence electrons. The molecule has 0 saturated carbocycles. The fourth-order valence-electron chi connectivity index (χ4n) is 4.24. The van der Waals surface area contributed by atoms with Crippen molar-refractivity contribution in [3.63, 3.8) is 0 Å². The number of hydrogen-bond donors (Lipinski definition) is 2. The summed E-state index contributed by atoms with van der Waals surface area (Å²) in [5.41, 5.74) is 4.15. The lowest BCUT2D eigenvalue weighted by molar-refractivity contribution is 0.0956. The Labute approximate surface area is 237 Å². The summed E-state index contributed by atoms with van der Waals surface area (Å²) >= 11 is 0. The van der Waals surface area contributed by atoms with E-state index in [9.17, 15) is 9.59 Å². The molecule has 4 aromatic heterocycles. The second-order valence-corrected chi connectivity index (χ2v) is 9.75. The molecule has 4 heterocycles. The van der Waals surface area contributed by atoms with E-state index in [1.807, 2.05) is 44.4 Å². The third kappa shape index (κ3) is 7.25. The first-order chi connectivity index (χ1) is 19.9. The smallest absolute Gasteiger partial charge is 0.263 e. The summed E-state index contributed by atoms with van der Waals surface area (Å²) in [4.78, 5) is 45.1. The summed E-state index contributed by atoms with van der Waals surface area (Å²) in [6.45, 7) is 1.46. The van der Waals surface area contributed by atoms with E-state index in [-0.39, 0.29) is 17.7 Å². The number of aromatic nitrogens is 5. The minimum Gasteiger partial charge on any atom is -0.348 e. The molecule has 0 atom stereocenters. The van der Waals surface area contributed by atoms with Crippen molar-refractivity contribution in [2.45, 2.75) is 13.1 Å². The van der Waals surface area contributed by atoms with Crippen LogP contribution in [0.3, 0.4) is 0 Å². The largest absolute Gasteiger partial charge is 0.348 e. The van der Waals surface area contributed by atoms with Gasteiger partial charge in [0.25, 0.3) is 11.5 Å². The Kier molecular flexibility index (Phi) is 8.51.